The third kappa shape index (κ3) is 1.92. The van der Waals surface area contributed by atoms with Crippen LogP contribution in [-0.4, -0.2) is 35.9 Å². The number of carbonyl (C=O) groups excluding carboxylic acids is 2. The zero-order chi connectivity index (χ0) is 12.4. The van der Waals surface area contributed by atoms with Crippen LogP contribution in [0, 0.1) is 0 Å². The number of nitrogens with one attached hydrogen (secondary N) is 1. The van der Waals surface area contributed by atoms with Gasteiger partial charge in [0.05, 0.1) is 7.11 Å². The van der Waals surface area contributed by atoms with Gasteiger partial charge in [0.25, 0.3) is 5.78 Å². The second kappa shape index (κ2) is 4.39. The lowest BCUT2D eigenvalue weighted by atomic mass is 10.1. The van der Waals surface area contributed by atoms with Crippen molar-refractivity contribution in [3.63, 3.8) is 0 Å². The number of hydrogen-bond acceptors (Lipinski definition) is 3. The quantitative estimate of drug-likeness (QED) is 0.494. The van der Waals surface area contributed by atoms with Crippen LogP contribution in [0.25, 0.3) is 10.9 Å². The summed E-state index contributed by atoms with van der Waals surface area (Å²) < 4.78 is 0. The third-order valence-electron chi connectivity index (χ3n) is 2.59. The van der Waals surface area contributed by atoms with Gasteiger partial charge in [-0.15, -0.1) is 0 Å². The minimum atomic E-state index is -0.693. The Labute approximate surface area is 97.9 Å². The second-order valence-electron chi connectivity index (χ2n) is 3.56. The summed E-state index contributed by atoms with van der Waals surface area (Å²) in [5.41, 5.74) is 1.20. The van der Waals surface area contributed by atoms with Crippen LogP contribution in [0.4, 0.5) is 0 Å². The van der Waals surface area contributed by atoms with Crippen molar-refractivity contribution >= 4 is 22.6 Å². The van der Waals surface area contributed by atoms with Crippen LogP contribution < -0.4 is 0 Å². The Kier molecular flexibility index (Phi) is 2.93. The van der Waals surface area contributed by atoms with Crippen molar-refractivity contribution in [2.45, 2.75) is 0 Å². The third-order valence-corrected chi connectivity index (χ3v) is 2.59. The van der Waals surface area contributed by atoms with Crippen LogP contribution in [-0.2, 0) is 9.63 Å². The van der Waals surface area contributed by atoms with Crippen LogP contribution in [0.1, 0.15) is 10.4 Å². The van der Waals surface area contributed by atoms with Gasteiger partial charge in [0.15, 0.2) is 0 Å². The molecule has 1 heterocycles. The lowest BCUT2D eigenvalue weighted by molar-refractivity contribution is -0.162. The van der Waals surface area contributed by atoms with E-state index in [9.17, 15) is 9.59 Å². The van der Waals surface area contributed by atoms with E-state index in [1.165, 1.54) is 14.2 Å². The highest BCUT2D eigenvalue weighted by Crippen LogP contribution is 2.18. The Balaban J connectivity index is 2.43. The number of aromatic amines is 1. The molecule has 17 heavy (non-hydrogen) atoms. The topological polar surface area (TPSA) is 62.4 Å². The summed E-state index contributed by atoms with van der Waals surface area (Å²) in [6.45, 7) is 0. The summed E-state index contributed by atoms with van der Waals surface area (Å²) in [5, 5.41) is 1.64. The molecule has 88 valence electrons. The Hall–Kier alpha value is -2.14. The molecule has 0 bridgehead atoms. The fraction of sp³-hybridized carbons (Fsp3) is 0.167. The highest BCUT2D eigenvalue weighted by molar-refractivity contribution is 6.44. The molecule has 0 aliphatic rings. The number of aromatic nitrogens is 1. The first-order valence-corrected chi connectivity index (χ1v) is 5.07. The van der Waals surface area contributed by atoms with Gasteiger partial charge in [-0.05, 0) is 12.1 Å². The van der Waals surface area contributed by atoms with Crippen LogP contribution in [0.15, 0.2) is 30.5 Å². The van der Waals surface area contributed by atoms with Crippen LogP contribution in [0.3, 0.4) is 0 Å². The van der Waals surface area contributed by atoms with Crippen molar-refractivity contribution in [3.8, 4) is 0 Å². The number of carbonyl (C=O) groups is 2. The van der Waals surface area contributed by atoms with Crippen LogP contribution >= 0.6 is 0 Å². The molecule has 5 nitrogen and oxygen atoms in total. The Morgan fingerprint density at radius 1 is 1.29 bits per heavy atom. The molecule has 0 fully saturated rings. The van der Waals surface area contributed by atoms with E-state index in [1.807, 2.05) is 6.07 Å². The van der Waals surface area contributed by atoms with Gasteiger partial charge in [-0.1, -0.05) is 12.1 Å². The molecule has 2 rings (SSSR count). The molecule has 0 aliphatic carbocycles. The number of rotatable bonds is 3. The summed E-state index contributed by atoms with van der Waals surface area (Å²) in [4.78, 5) is 31.3. The number of hydroxylamine groups is 2. The second-order valence-corrected chi connectivity index (χ2v) is 3.56. The molecule has 0 radical (unpaired) electrons. The van der Waals surface area contributed by atoms with E-state index >= 15 is 0 Å². The molecule has 0 saturated carbocycles. The van der Waals surface area contributed by atoms with E-state index in [0.717, 1.165) is 16.0 Å². The minimum Gasteiger partial charge on any atom is -0.361 e. The van der Waals surface area contributed by atoms with Gasteiger partial charge in [-0.25, -0.2) is 5.06 Å². The summed E-state index contributed by atoms with van der Waals surface area (Å²) in [6.07, 6.45) is 1.73. The van der Waals surface area contributed by atoms with Gasteiger partial charge in [-0.2, -0.15) is 0 Å². The molecule has 5 heteroatoms. The van der Waals surface area contributed by atoms with Gasteiger partial charge in [0.1, 0.15) is 0 Å². The Bertz CT molecular complexity index is 574. The predicted molar refractivity (Wildman–Crippen MR) is 62.4 cm³/mol. The number of Topliss-reactive ketones (excluding diaryl/α,β-unsaturated/α-hetero) is 1. The molecule has 0 aliphatic heterocycles. The number of nitrogens with zero attached hydrogens (tertiary/aromatic N) is 1. The van der Waals surface area contributed by atoms with Crippen molar-refractivity contribution in [1.82, 2.24) is 10.0 Å². The highest BCUT2D eigenvalue weighted by Gasteiger charge is 2.22. The number of fused-ring (bicyclic) bond motifs is 1. The average molecular weight is 232 g/mol. The monoisotopic (exact) mass is 232 g/mol. The van der Waals surface area contributed by atoms with Crippen molar-refractivity contribution < 1.29 is 14.4 Å². The lowest BCUT2D eigenvalue weighted by Gasteiger charge is -2.12. The smallest absolute Gasteiger partial charge is 0.318 e. The molecule has 1 aromatic heterocycles. The molecule has 2 aromatic rings. The molecule has 1 amide bonds. The van der Waals surface area contributed by atoms with Crippen molar-refractivity contribution in [3.05, 3.63) is 36.0 Å². The van der Waals surface area contributed by atoms with Crippen LogP contribution in [0.5, 0.6) is 0 Å². The number of benzene rings is 1. The van der Waals surface area contributed by atoms with Crippen LogP contribution in [0.2, 0.25) is 0 Å². The fourth-order valence-corrected chi connectivity index (χ4v) is 1.62. The zero-order valence-electron chi connectivity index (χ0n) is 9.56. The van der Waals surface area contributed by atoms with Gasteiger partial charge in [0, 0.05) is 29.7 Å². The zero-order valence-corrected chi connectivity index (χ0v) is 9.56. The maximum Gasteiger partial charge on any atom is 0.318 e. The fourth-order valence-electron chi connectivity index (χ4n) is 1.62. The summed E-state index contributed by atoms with van der Waals surface area (Å²) in [5.74, 6) is -1.28. The van der Waals surface area contributed by atoms with E-state index in [4.69, 9.17) is 4.84 Å². The summed E-state index contributed by atoms with van der Waals surface area (Å²) >= 11 is 0. The highest BCUT2D eigenvalue weighted by atomic mass is 16.7. The molecule has 0 unspecified atom stereocenters. The van der Waals surface area contributed by atoms with E-state index in [1.54, 1.807) is 24.4 Å². The van der Waals surface area contributed by atoms with E-state index in [0.29, 0.717) is 5.56 Å². The minimum absolute atomic E-state index is 0.373. The van der Waals surface area contributed by atoms with Gasteiger partial charge < -0.3 is 4.98 Å². The first kappa shape index (κ1) is 11.3. The molecule has 0 saturated heterocycles. The molecule has 1 aromatic carbocycles. The Morgan fingerprint density at radius 3 is 2.76 bits per heavy atom. The summed E-state index contributed by atoms with van der Waals surface area (Å²) in [7, 11) is 2.74. The van der Waals surface area contributed by atoms with Crippen molar-refractivity contribution in [2.24, 2.45) is 0 Å². The van der Waals surface area contributed by atoms with Gasteiger partial charge in [-0.3, -0.25) is 14.4 Å². The number of likely N-dealkylation sites (N-methyl/N-ethyl adjacent to an activating group) is 1. The summed E-state index contributed by atoms with van der Waals surface area (Å²) in [6, 6.07) is 6.96. The Morgan fingerprint density at radius 2 is 2.06 bits per heavy atom. The normalized spacial score (nSPS) is 10.5. The van der Waals surface area contributed by atoms with Gasteiger partial charge in [0.2, 0.25) is 0 Å². The SMILES string of the molecule is CON(C)C(=O)C(=O)c1cccc2[nH]ccc12. The maximum absolute atomic E-state index is 12.0. The van der Waals surface area contributed by atoms with E-state index in [2.05, 4.69) is 4.98 Å². The largest absolute Gasteiger partial charge is 0.361 e. The molecular formula is C12H12N2O3. The van der Waals surface area contributed by atoms with E-state index < -0.39 is 11.7 Å². The molecule has 0 spiro atoms. The van der Waals surface area contributed by atoms with E-state index in [-0.39, 0.29) is 0 Å². The number of ketones is 1. The number of H-pyrrole nitrogens is 1. The first-order valence-electron chi connectivity index (χ1n) is 5.07. The average Bonchev–Trinajstić information content (AvgIpc) is 2.83. The number of amides is 1. The molecule has 1 N–H and O–H groups in total. The number of hydrogen-bond donors (Lipinski definition) is 1. The van der Waals surface area contributed by atoms with Crippen molar-refractivity contribution in [2.75, 3.05) is 14.2 Å². The van der Waals surface area contributed by atoms with Crippen molar-refractivity contribution in [1.29, 1.82) is 0 Å². The maximum atomic E-state index is 12.0. The molecule has 0 atom stereocenters. The standard InChI is InChI=1S/C12H12N2O3/c1-14(17-2)12(16)11(15)9-4-3-5-10-8(9)6-7-13-10/h3-7,13H,1-2H3. The first-order chi connectivity index (χ1) is 8.15. The molecular weight excluding hydrogens is 220 g/mol. The lowest BCUT2D eigenvalue weighted by Crippen LogP contribution is -2.32. The van der Waals surface area contributed by atoms with Gasteiger partial charge >= 0.3 is 5.91 Å². The predicted octanol–water partition coefficient (Wildman–Crippen LogP) is 1.37.